The van der Waals surface area contributed by atoms with Crippen LogP contribution in [0.3, 0.4) is 0 Å². The Morgan fingerprint density at radius 2 is 1.07 bits per heavy atom. The molecule has 0 aliphatic carbocycles. The van der Waals surface area contributed by atoms with Crippen molar-refractivity contribution in [2.24, 2.45) is 0 Å². The predicted octanol–water partition coefficient (Wildman–Crippen LogP) is 3.45. The van der Waals surface area contributed by atoms with Gasteiger partial charge in [0.1, 0.15) is 11.1 Å². The molecule has 2 spiro atoms. The van der Waals surface area contributed by atoms with Crippen LogP contribution in [0.2, 0.25) is 10.0 Å². The Labute approximate surface area is 244 Å². The molecule has 4 aliphatic heterocycles. The molecule has 2 amide bonds. The second kappa shape index (κ2) is 10.3. The lowest BCUT2D eigenvalue weighted by Crippen LogP contribution is -2.66. The van der Waals surface area contributed by atoms with Crippen LogP contribution in [-0.2, 0) is 41.0 Å². The molecule has 4 aliphatic rings. The third-order valence-electron chi connectivity index (χ3n) is 8.69. The van der Waals surface area contributed by atoms with Gasteiger partial charge in [-0.25, -0.2) is 0 Å². The number of aliphatic hydroxyl groups is 2. The number of hydrogen-bond acceptors (Lipinski definition) is 6. The molecule has 0 bridgehead atoms. The number of halogens is 2. The summed E-state index contributed by atoms with van der Waals surface area (Å²) in [6.45, 7) is 9.04. The fourth-order valence-electron chi connectivity index (χ4n) is 6.53. The molecule has 2 aromatic carbocycles. The normalized spacial score (nSPS) is 28.5. The largest absolute Gasteiger partial charge is 0.393 e. The van der Waals surface area contributed by atoms with Gasteiger partial charge in [-0.1, -0.05) is 35.3 Å². The smallest absolute Gasteiger partial charge is 0.231 e. The van der Waals surface area contributed by atoms with E-state index in [0.29, 0.717) is 49.3 Å². The first-order chi connectivity index (χ1) is 18.7. The van der Waals surface area contributed by atoms with Gasteiger partial charge in [-0.3, -0.25) is 9.59 Å². The highest BCUT2D eigenvalue weighted by atomic mass is 35.5. The van der Waals surface area contributed by atoms with Gasteiger partial charge in [0.2, 0.25) is 11.8 Å². The minimum Gasteiger partial charge on any atom is -0.393 e. The van der Waals surface area contributed by atoms with E-state index in [1.807, 2.05) is 50.2 Å². The topological polar surface area (TPSA) is 117 Å². The Hall–Kier alpha value is -2.20. The molecule has 0 radical (unpaired) electrons. The van der Waals surface area contributed by atoms with Gasteiger partial charge >= 0.3 is 0 Å². The summed E-state index contributed by atoms with van der Waals surface area (Å²) >= 11 is 12.2. The monoisotopic (exact) mass is 590 g/mol. The number of carbonyl (C=O) groups is 2. The zero-order chi connectivity index (χ0) is 29.1. The lowest BCUT2D eigenvalue weighted by atomic mass is 9.67. The Morgan fingerprint density at radius 1 is 0.725 bits per heavy atom. The second-order valence-corrected chi connectivity index (χ2v) is 13.1. The molecule has 0 saturated carbocycles. The summed E-state index contributed by atoms with van der Waals surface area (Å²) in [4.78, 5) is 25.2. The first kappa shape index (κ1) is 29.3. The molecule has 4 atom stereocenters. The highest BCUT2D eigenvalue weighted by Crippen LogP contribution is 2.46. The summed E-state index contributed by atoms with van der Waals surface area (Å²) < 4.78 is 10.6. The van der Waals surface area contributed by atoms with Gasteiger partial charge in [0.25, 0.3) is 0 Å². The first-order valence-electron chi connectivity index (χ1n) is 13.5. The average Bonchev–Trinajstić information content (AvgIpc) is 2.82. The summed E-state index contributed by atoms with van der Waals surface area (Å²) in [7, 11) is 0. The SMILES string of the molecule is C[C@@H](O)C[C@]1(C)C(=O)NC2(COC2)c2ccc(Cl)cc21.C[C@H](O)CC1(C)C(=O)NC2(COC2)c2ccc(Cl)cc21. The third-order valence-corrected chi connectivity index (χ3v) is 9.16. The Bertz CT molecular complexity index is 1240. The van der Waals surface area contributed by atoms with E-state index in [1.54, 1.807) is 13.8 Å². The van der Waals surface area contributed by atoms with Crippen molar-refractivity contribution in [2.75, 3.05) is 26.4 Å². The number of amides is 2. The van der Waals surface area contributed by atoms with Crippen molar-refractivity contribution in [1.29, 1.82) is 0 Å². The zero-order valence-corrected chi connectivity index (χ0v) is 24.7. The molecule has 2 fully saturated rings. The summed E-state index contributed by atoms with van der Waals surface area (Å²) in [5.74, 6) is -0.145. The lowest BCUT2D eigenvalue weighted by Gasteiger charge is -2.51. The van der Waals surface area contributed by atoms with Crippen LogP contribution in [-0.4, -0.2) is 60.7 Å². The molecule has 8 nitrogen and oxygen atoms in total. The number of fused-ring (bicyclic) bond motifs is 4. The van der Waals surface area contributed by atoms with Crippen molar-refractivity contribution in [3.8, 4) is 0 Å². The van der Waals surface area contributed by atoms with Crippen LogP contribution in [0, 0.1) is 0 Å². The van der Waals surface area contributed by atoms with E-state index in [2.05, 4.69) is 10.6 Å². The van der Waals surface area contributed by atoms with Crippen molar-refractivity contribution < 1.29 is 29.3 Å². The van der Waals surface area contributed by atoms with Gasteiger partial charge in [-0.2, -0.15) is 0 Å². The van der Waals surface area contributed by atoms with Crippen LogP contribution < -0.4 is 10.6 Å². The number of benzene rings is 2. The van der Waals surface area contributed by atoms with Gasteiger partial charge in [0.05, 0.1) is 49.5 Å². The number of ether oxygens (including phenoxy) is 2. The average molecular weight is 592 g/mol. The van der Waals surface area contributed by atoms with Crippen LogP contribution in [0.4, 0.5) is 0 Å². The van der Waals surface area contributed by atoms with Crippen LogP contribution in [0.25, 0.3) is 0 Å². The van der Waals surface area contributed by atoms with Gasteiger partial charge in [-0.15, -0.1) is 0 Å². The molecule has 0 aromatic heterocycles. The molecule has 1 unspecified atom stereocenters. The number of rotatable bonds is 4. The molecule has 2 saturated heterocycles. The van der Waals surface area contributed by atoms with E-state index in [0.717, 1.165) is 22.3 Å². The standard InChI is InChI=1S/2C15H18ClNO3/c2*1-9(18)6-14(2)12-5-10(16)3-4-11(12)15(7-20-8-15)17-13(14)19/h2*3-5,9,18H,6-8H2,1-2H3,(H,17,19)/t9-,14?;9-,14+/m01/s1. The molecule has 2 aromatic rings. The van der Waals surface area contributed by atoms with E-state index >= 15 is 0 Å². The van der Waals surface area contributed by atoms with Gasteiger partial charge in [0.15, 0.2) is 0 Å². The third kappa shape index (κ3) is 4.72. The van der Waals surface area contributed by atoms with Crippen LogP contribution in [0.5, 0.6) is 0 Å². The molecular weight excluding hydrogens is 555 g/mol. The molecule has 10 heteroatoms. The van der Waals surface area contributed by atoms with E-state index in [9.17, 15) is 19.8 Å². The Kier molecular flexibility index (Phi) is 7.52. The van der Waals surface area contributed by atoms with Crippen molar-refractivity contribution in [3.63, 3.8) is 0 Å². The maximum atomic E-state index is 12.6. The van der Waals surface area contributed by atoms with E-state index in [4.69, 9.17) is 32.7 Å². The van der Waals surface area contributed by atoms with E-state index in [-0.39, 0.29) is 11.8 Å². The molecule has 6 rings (SSSR count). The van der Waals surface area contributed by atoms with Crippen molar-refractivity contribution >= 4 is 35.0 Å². The highest BCUT2D eigenvalue weighted by Gasteiger charge is 2.55. The number of aliphatic hydroxyl groups excluding tert-OH is 2. The van der Waals surface area contributed by atoms with Crippen molar-refractivity contribution in [2.45, 2.75) is 74.7 Å². The minimum atomic E-state index is -0.769. The maximum absolute atomic E-state index is 12.6. The Balaban J connectivity index is 0.000000161. The van der Waals surface area contributed by atoms with Gasteiger partial charge in [0, 0.05) is 10.0 Å². The van der Waals surface area contributed by atoms with Crippen LogP contribution in [0.1, 0.15) is 62.8 Å². The molecule has 4 heterocycles. The fraction of sp³-hybridized carbons (Fsp3) is 0.533. The quantitative estimate of drug-likeness (QED) is 0.433. The zero-order valence-electron chi connectivity index (χ0n) is 23.1. The van der Waals surface area contributed by atoms with Gasteiger partial charge < -0.3 is 30.3 Å². The summed E-state index contributed by atoms with van der Waals surface area (Å²) in [5.41, 5.74) is 1.53. The molecular formula is C30H36Cl2N2O6. The predicted molar refractivity (Wildman–Crippen MR) is 151 cm³/mol. The maximum Gasteiger partial charge on any atom is 0.231 e. The van der Waals surface area contributed by atoms with Crippen LogP contribution in [0.15, 0.2) is 36.4 Å². The summed E-state index contributed by atoms with van der Waals surface area (Å²) in [6, 6.07) is 11.3. The molecule has 40 heavy (non-hydrogen) atoms. The van der Waals surface area contributed by atoms with Crippen molar-refractivity contribution in [3.05, 3.63) is 68.7 Å². The van der Waals surface area contributed by atoms with Crippen molar-refractivity contribution in [1.82, 2.24) is 10.6 Å². The Morgan fingerprint density at radius 3 is 1.35 bits per heavy atom. The first-order valence-corrected chi connectivity index (χ1v) is 14.3. The number of carbonyl (C=O) groups excluding carboxylic acids is 2. The molecule has 216 valence electrons. The number of hydrogen-bond donors (Lipinski definition) is 4. The lowest BCUT2D eigenvalue weighted by molar-refractivity contribution is -0.143. The fourth-order valence-corrected chi connectivity index (χ4v) is 6.87. The molecule has 4 N–H and O–H groups in total. The van der Waals surface area contributed by atoms with E-state index < -0.39 is 34.1 Å². The number of nitrogens with one attached hydrogen (secondary N) is 2. The van der Waals surface area contributed by atoms with Crippen LogP contribution >= 0.6 is 23.2 Å². The van der Waals surface area contributed by atoms with E-state index in [1.165, 1.54) is 0 Å². The van der Waals surface area contributed by atoms with Gasteiger partial charge in [-0.05, 0) is 87.1 Å². The second-order valence-electron chi connectivity index (χ2n) is 12.2. The summed E-state index contributed by atoms with van der Waals surface area (Å²) in [6.07, 6.45) is -0.403. The summed E-state index contributed by atoms with van der Waals surface area (Å²) in [5, 5.41) is 26.9. The minimum absolute atomic E-state index is 0.0727. The highest BCUT2D eigenvalue weighted by molar-refractivity contribution is 6.31.